The minimum absolute atomic E-state index is 0.137. The lowest BCUT2D eigenvalue weighted by Gasteiger charge is -2.30. The van der Waals surface area contributed by atoms with E-state index < -0.39 is 11.6 Å². The summed E-state index contributed by atoms with van der Waals surface area (Å²) >= 11 is 3.01. The predicted octanol–water partition coefficient (Wildman–Crippen LogP) is 5.37. The van der Waals surface area contributed by atoms with Crippen LogP contribution in [0.3, 0.4) is 0 Å². The monoisotopic (exact) mass is 344 g/mol. The van der Waals surface area contributed by atoms with Crippen LogP contribution in [-0.2, 0) is 0 Å². The van der Waals surface area contributed by atoms with Crippen molar-refractivity contribution >= 4 is 21.7 Å². The molecule has 1 nitrogen and oxygen atoms in total. The second-order valence-corrected chi connectivity index (χ2v) is 6.79. The van der Waals surface area contributed by atoms with Crippen molar-refractivity contribution < 1.29 is 13.6 Å². The van der Waals surface area contributed by atoms with E-state index in [2.05, 4.69) is 29.8 Å². The fourth-order valence-corrected chi connectivity index (χ4v) is 3.34. The molecule has 20 heavy (non-hydrogen) atoms. The number of hydrogen-bond donors (Lipinski definition) is 0. The van der Waals surface area contributed by atoms with E-state index in [4.69, 9.17) is 0 Å². The number of benzene rings is 1. The molecule has 0 heterocycles. The number of carbonyl (C=O) groups excluding carboxylic acids is 1. The fourth-order valence-electron chi connectivity index (χ4n) is 3.01. The van der Waals surface area contributed by atoms with Gasteiger partial charge in [-0.25, -0.2) is 8.78 Å². The largest absolute Gasteiger partial charge is 0.294 e. The molecule has 1 saturated carbocycles. The van der Waals surface area contributed by atoms with Crippen molar-refractivity contribution in [3.63, 3.8) is 0 Å². The Labute approximate surface area is 126 Å². The van der Waals surface area contributed by atoms with E-state index in [-0.39, 0.29) is 21.7 Å². The topological polar surface area (TPSA) is 17.1 Å². The standard InChI is InChI=1S/C16H19BrF2O/c1-9(2)10-3-5-11(6-4-10)16(20)14-13(18)8-7-12(17)15(14)19/h7-11H,3-6H2,1-2H3. The van der Waals surface area contributed by atoms with Crippen LogP contribution in [0.4, 0.5) is 8.78 Å². The van der Waals surface area contributed by atoms with Gasteiger partial charge >= 0.3 is 0 Å². The molecule has 1 fully saturated rings. The average Bonchev–Trinajstić information content (AvgIpc) is 2.43. The van der Waals surface area contributed by atoms with Crippen molar-refractivity contribution in [3.05, 3.63) is 33.8 Å². The Morgan fingerprint density at radius 3 is 2.35 bits per heavy atom. The lowest BCUT2D eigenvalue weighted by molar-refractivity contribution is 0.0850. The smallest absolute Gasteiger partial charge is 0.171 e. The zero-order valence-corrected chi connectivity index (χ0v) is 13.3. The van der Waals surface area contributed by atoms with Gasteiger partial charge in [0.2, 0.25) is 0 Å². The summed E-state index contributed by atoms with van der Waals surface area (Å²) in [6, 6.07) is 2.43. The van der Waals surface area contributed by atoms with E-state index in [1.807, 2.05) is 0 Å². The molecule has 1 aromatic carbocycles. The first kappa shape index (κ1) is 15.6. The molecule has 0 atom stereocenters. The van der Waals surface area contributed by atoms with Crippen molar-refractivity contribution in [2.24, 2.45) is 17.8 Å². The number of halogens is 3. The van der Waals surface area contributed by atoms with Gasteiger partial charge in [0.25, 0.3) is 0 Å². The number of Topliss-reactive ketones (excluding diaryl/α,β-unsaturated/α-hetero) is 1. The third-order valence-electron chi connectivity index (χ3n) is 4.38. The number of rotatable bonds is 3. The molecule has 110 valence electrons. The Morgan fingerprint density at radius 2 is 1.80 bits per heavy atom. The Balaban J connectivity index is 2.16. The molecule has 0 spiro atoms. The highest BCUT2D eigenvalue weighted by atomic mass is 79.9. The summed E-state index contributed by atoms with van der Waals surface area (Å²) in [5.41, 5.74) is -0.382. The van der Waals surface area contributed by atoms with Crippen LogP contribution in [0.15, 0.2) is 16.6 Å². The molecule has 0 amide bonds. The summed E-state index contributed by atoms with van der Waals surface area (Å²) in [7, 11) is 0. The molecule has 2 rings (SSSR count). The Kier molecular flexibility index (Phi) is 4.95. The van der Waals surface area contributed by atoms with Gasteiger partial charge in [0.05, 0.1) is 10.0 Å². The number of hydrogen-bond acceptors (Lipinski definition) is 1. The van der Waals surface area contributed by atoms with Crippen molar-refractivity contribution in [2.45, 2.75) is 39.5 Å². The van der Waals surface area contributed by atoms with Crippen molar-refractivity contribution in [2.75, 3.05) is 0 Å². The van der Waals surface area contributed by atoms with Gasteiger partial charge in [0.15, 0.2) is 11.6 Å². The molecular formula is C16H19BrF2O. The van der Waals surface area contributed by atoms with Gasteiger partial charge in [-0.3, -0.25) is 4.79 Å². The van der Waals surface area contributed by atoms with E-state index in [1.54, 1.807) is 0 Å². The Hall–Kier alpha value is -0.770. The van der Waals surface area contributed by atoms with Crippen molar-refractivity contribution in [1.82, 2.24) is 0 Å². The quantitative estimate of drug-likeness (QED) is 0.531. The summed E-state index contributed by atoms with van der Waals surface area (Å²) in [6.07, 6.45) is 3.39. The molecule has 4 heteroatoms. The van der Waals surface area contributed by atoms with Gasteiger partial charge in [-0.2, -0.15) is 0 Å². The zero-order chi connectivity index (χ0) is 14.9. The number of ketones is 1. The number of carbonyl (C=O) groups is 1. The molecule has 0 radical (unpaired) electrons. The third-order valence-corrected chi connectivity index (χ3v) is 4.99. The minimum atomic E-state index is -0.777. The summed E-state index contributed by atoms with van der Waals surface area (Å²) in [6.45, 7) is 4.36. The third kappa shape index (κ3) is 3.11. The maximum absolute atomic E-state index is 14.0. The van der Waals surface area contributed by atoms with Crippen LogP contribution in [0.1, 0.15) is 49.9 Å². The van der Waals surface area contributed by atoms with Crippen LogP contribution in [0.5, 0.6) is 0 Å². The second-order valence-electron chi connectivity index (χ2n) is 5.94. The maximum atomic E-state index is 14.0. The lowest BCUT2D eigenvalue weighted by Crippen LogP contribution is -2.25. The first-order valence-corrected chi connectivity index (χ1v) is 7.88. The molecule has 0 aromatic heterocycles. The SMILES string of the molecule is CC(C)C1CCC(C(=O)c2c(F)ccc(Br)c2F)CC1. The molecule has 0 saturated heterocycles. The molecule has 0 unspecified atom stereocenters. The fraction of sp³-hybridized carbons (Fsp3) is 0.562. The summed E-state index contributed by atoms with van der Waals surface area (Å²) < 4.78 is 27.9. The first-order chi connectivity index (χ1) is 9.41. The van der Waals surface area contributed by atoms with E-state index in [0.29, 0.717) is 11.8 Å². The molecular weight excluding hydrogens is 326 g/mol. The van der Waals surface area contributed by atoms with Crippen molar-refractivity contribution in [3.8, 4) is 0 Å². The van der Waals surface area contributed by atoms with E-state index in [9.17, 15) is 13.6 Å². The molecule has 1 aliphatic rings. The molecule has 1 aliphatic carbocycles. The summed E-state index contributed by atoms with van der Waals surface area (Å²) in [4.78, 5) is 12.4. The molecule has 0 N–H and O–H groups in total. The highest BCUT2D eigenvalue weighted by Crippen LogP contribution is 2.36. The van der Waals surface area contributed by atoms with Gasteiger partial charge in [0.1, 0.15) is 5.82 Å². The molecule has 1 aromatic rings. The zero-order valence-electron chi connectivity index (χ0n) is 11.8. The van der Waals surface area contributed by atoms with Crippen LogP contribution in [0.2, 0.25) is 0 Å². The van der Waals surface area contributed by atoms with E-state index in [1.165, 1.54) is 6.07 Å². The van der Waals surface area contributed by atoms with Gasteiger partial charge in [-0.1, -0.05) is 13.8 Å². The van der Waals surface area contributed by atoms with E-state index in [0.717, 1.165) is 31.7 Å². The molecule has 0 bridgehead atoms. The van der Waals surface area contributed by atoms with Crippen LogP contribution < -0.4 is 0 Å². The normalized spacial score (nSPS) is 23.1. The van der Waals surface area contributed by atoms with Gasteiger partial charge in [-0.15, -0.1) is 0 Å². The van der Waals surface area contributed by atoms with Crippen LogP contribution >= 0.6 is 15.9 Å². The lowest BCUT2D eigenvalue weighted by atomic mass is 9.74. The molecule has 0 aliphatic heterocycles. The van der Waals surface area contributed by atoms with Crippen molar-refractivity contribution in [1.29, 1.82) is 0 Å². The Bertz CT molecular complexity index is 505. The van der Waals surface area contributed by atoms with E-state index >= 15 is 0 Å². The minimum Gasteiger partial charge on any atom is -0.294 e. The van der Waals surface area contributed by atoms with Crippen LogP contribution in [0, 0.1) is 29.4 Å². The first-order valence-electron chi connectivity index (χ1n) is 7.09. The van der Waals surface area contributed by atoms with Gasteiger partial charge in [-0.05, 0) is 65.6 Å². The second kappa shape index (κ2) is 6.33. The van der Waals surface area contributed by atoms with Crippen LogP contribution in [-0.4, -0.2) is 5.78 Å². The van der Waals surface area contributed by atoms with Crippen LogP contribution in [0.25, 0.3) is 0 Å². The van der Waals surface area contributed by atoms with Gasteiger partial charge < -0.3 is 0 Å². The predicted molar refractivity (Wildman–Crippen MR) is 78.7 cm³/mol. The highest BCUT2D eigenvalue weighted by molar-refractivity contribution is 9.10. The maximum Gasteiger partial charge on any atom is 0.171 e. The average molecular weight is 345 g/mol. The summed E-state index contributed by atoms with van der Waals surface area (Å²) in [5, 5.41) is 0. The Morgan fingerprint density at radius 1 is 1.20 bits per heavy atom. The van der Waals surface area contributed by atoms with Gasteiger partial charge in [0, 0.05) is 5.92 Å². The highest BCUT2D eigenvalue weighted by Gasteiger charge is 2.31. The summed E-state index contributed by atoms with van der Waals surface area (Å²) in [5.74, 6) is -0.948.